The lowest BCUT2D eigenvalue weighted by Crippen LogP contribution is -2.16. The lowest BCUT2D eigenvalue weighted by molar-refractivity contribution is 0.101. The van der Waals surface area contributed by atoms with Gasteiger partial charge in [-0.3, -0.25) is 9.59 Å². The van der Waals surface area contributed by atoms with Crippen LogP contribution in [-0.4, -0.2) is 35.1 Å². The standard InChI is InChI=1S/C14H19NO3S/c1-5-6-11-12(19-14(18)15(3)4)8-7-10(9(2)16)13(11)17/h7-8,17H,5-6H2,1-4H3. The molecule has 1 aromatic rings. The van der Waals surface area contributed by atoms with Gasteiger partial charge in [0.25, 0.3) is 5.24 Å². The van der Waals surface area contributed by atoms with Gasteiger partial charge in [0.15, 0.2) is 5.78 Å². The fourth-order valence-corrected chi connectivity index (χ4v) is 2.50. The van der Waals surface area contributed by atoms with E-state index >= 15 is 0 Å². The molecule has 0 fully saturated rings. The van der Waals surface area contributed by atoms with Crippen molar-refractivity contribution >= 4 is 22.8 Å². The maximum absolute atomic E-state index is 11.7. The van der Waals surface area contributed by atoms with Gasteiger partial charge in [0.1, 0.15) is 5.75 Å². The lowest BCUT2D eigenvalue weighted by Gasteiger charge is -2.14. The first-order chi connectivity index (χ1) is 8.88. The van der Waals surface area contributed by atoms with E-state index in [0.717, 1.165) is 18.2 Å². The molecule has 0 saturated heterocycles. The highest BCUT2D eigenvalue weighted by Gasteiger charge is 2.17. The number of phenols is 1. The molecule has 0 atom stereocenters. The van der Waals surface area contributed by atoms with Gasteiger partial charge in [-0.1, -0.05) is 13.3 Å². The zero-order valence-electron chi connectivity index (χ0n) is 11.7. The van der Waals surface area contributed by atoms with Crippen molar-refractivity contribution in [3.05, 3.63) is 23.3 Å². The number of carbonyl (C=O) groups excluding carboxylic acids is 2. The molecule has 0 heterocycles. The summed E-state index contributed by atoms with van der Waals surface area (Å²) in [6.07, 6.45) is 1.47. The van der Waals surface area contributed by atoms with Gasteiger partial charge in [-0.15, -0.1) is 0 Å². The average Bonchev–Trinajstić information content (AvgIpc) is 2.33. The van der Waals surface area contributed by atoms with Crippen LogP contribution in [0.3, 0.4) is 0 Å². The zero-order valence-corrected chi connectivity index (χ0v) is 12.5. The summed E-state index contributed by atoms with van der Waals surface area (Å²) in [6, 6.07) is 3.30. The number of hydrogen-bond acceptors (Lipinski definition) is 4. The van der Waals surface area contributed by atoms with E-state index in [0.29, 0.717) is 22.4 Å². The van der Waals surface area contributed by atoms with Crippen LogP contribution < -0.4 is 0 Å². The molecule has 5 heteroatoms. The number of hydrogen-bond donors (Lipinski definition) is 1. The average molecular weight is 281 g/mol. The molecule has 104 valence electrons. The highest BCUT2D eigenvalue weighted by Crippen LogP contribution is 2.34. The Bertz CT molecular complexity index is 498. The molecule has 1 N–H and O–H groups in total. The first-order valence-corrected chi connectivity index (χ1v) is 6.95. The van der Waals surface area contributed by atoms with E-state index in [2.05, 4.69) is 0 Å². The van der Waals surface area contributed by atoms with Crippen LogP contribution >= 0.6 is 11.8 Å². The van der Waals surface area contributed by atoms with E-state index in [-0.39, 0.29) is 16.8 Å². The number of benzene rings is 1. The minimum Gasteiger partial charge on any atom is -0.507 e. The van der Waals surface area contributed by atoms with Crippen molar-refractivity contribution in [3.8, 4) is 5.75 Å². The molecule has 0 spiro atoms. The fraction of sp³-hybridized carbons (Fsp3) is 0.429. The van der Waals surface area contributed by atoms with Gasteiger partial charge >= 0.3 is 0 Å². The number of nitrogens with zero attached hydrogens (tertiary/aromatic N) is 1. The van der Waals surface area contributed by atoms with E-state index in [1.165, 1.54) is 11.8 Å². The first-order valence-electron chi connectivity index (χ1n) is 6.13. The second-order valence-electron chi connectivity index (χ2n) is 4.51. The van der Waals surface area contributed by atoms with Crippen LogP contribution in [-0.2, 0) is 6.42 Å². The summed E-state index contributed by atoms with van der Waals surface area (Å²) >= 11 is 1.07. The van der Waals surface area contributed by atoms with Gasteiger partial charge in [0.05, 0.1) is 5.56 Å². The van der Waals surface area contributed by atoms with Crippen molar-refractivity contribution in [2.75, 3.05) is 14.1 Å². The number of Topliss-reactive ketones (excluding diaryl/α,β-unsaturated/α-hetero) is 1. The SMILES string of the molecule is CCCc1c(SC(=O)N(C)C)ccc(C(C)=O)c1O. The largest absolute Gasteiger partial charge is 0.507 e. The van der Waals surface area contributed by atoms with Crippen molar-refractivity contribution in [2.45, 2.75) is 31.6 Å². The summed E-state index contributed by atoms with van der Waals surface area (Å²) < 4.78 is 0. The second kappa shape index (κ2) is 6.61. The second-order valence-corrected chi connectivity index (χ2v) is 5.50. The van der Waals surface area contributed by atoms with Crippen LogP contribution in [0.5, 0.6) is 5.75 Å². The van der Waals surface area contributed by atoms with Crippen molar-refractivity contribution in [2.24, 2.45) is 0 Å². The summed E-state index contributed by atoms with van der Waals surface area (Å²) in [7, 11) is 3.36. The summed E-state index contributed by atoms with van der Waals surface area (Å²) in [5.41, 5.74) is 0.987. The topological polar surface area (TPSA) is 57.6 Å². The number of phenolic OH excluding ortho intramolecular Hbond substituents is 1. The van der Waals surface area contributed by atoms with Crippen molar-refractivity contribution < 1.29 is 14.7 Å². The number of rotatable bonds is 4. The molecule has 0 saturated carbocycles. The Morgan fingerprint density at radius 3 is 2.42 bits per heavy atom. The minimum atomic E-state index is -0.176. The van der Waals surface area contributed by atoms with Gasteiger partial charge in [-0.05, 0) is 37.2 Å². The van der Waals surface area contributed by atoms with Crippen LogP contribution in [0.4, 0.5) is 4.79 Å². The Morgan fingerprint density at radius 1 is 1.32 bits per heavy atom. The Hall–Kier alpha value is -1.49. The number of carbonyl (C=O) groups is 2. The number of aromatic hydroxyl groups is 1. The Morgan fingerprint density at radius 2 is 1.95 bits per heavy atom. The maximum atomic E-state index is 11.7. The highest BCUT2D eigenvalue weighted by atomic mass is 32.2. The fourth-order valence-electron chi connectivity index (χ4n) is 1.67. The third-order valence-corrected chi connectivity index (χ3v) is 3.82. The molecule has 1 aromatic carbocycles. The van der Waals surface area contributed by atoms with Gasteiger partial charge in [0.2, 0.25) is 0 Å². The lowest BCUT2D eigenvalue weighted by atomic mass is 10.0. The summed E-state index contributed by atoms with van der Waals surface area (Å²) in [6.45, 7) is 3.41. The van der Waals surface area contributed by atoms with Gasteiger partial charge in [-0.2, -0.15) is 0 Å². The molecule has 0 radical (unpaired) electrons. The Balaban J connectivity index is 3.21. The molecule has 0 aliphatic carbocycles. The monoisotopic (exact) mass is 281 g/mol. The van der Waals surface area contributed by atoms with Crippen LogP contribution in [0, 0.1) is 0 Å². The van der Waals surface area contributed by atoms with E-state index in [4.69, 9.17) is 0 Å². The first kappa shape index (κ1) is 15.6. The molecule has 0 unspecified atom stereocenters. The predicted octanol–water partition coefficient (Wildman–Crippen LogP) is 3.32. The van der Waals surface area contributed by atoms with Crippen LogP contribution in [0.15, 0.2) is 17.0 Å². The van der Waals surface area contributed by atoms with Crippen LogP contribution in [0.25, 0.3) is 0 Å². The van der Waals surface area contributed by atoms with E-state index < -0.39 is 0 Å². The summed E-state index contributed by atoms with van der Waals surface area (Å²) in [5, 5.41) is 10.1. The third kappa shape index (κ3) is 3.73. The summed E-state index contributed by atoms with van der Waals surface area (Å²) in [5.74, 6) is -0.170. The predicted molar refractivity (Wildman–Crippen MR) is 77.0 cm³/mol. The normalized spacial score (nSPS) is 10.3. The third-order valence-electron chi connectivity index (χ3n) is 2.68. The molecule has 0 aliphatic rings. The highest BCUT2D eigenvalue weighted by molar-refractivity contribution is 8.13. The van der Waals surface area contributed by atoms with Crippen LogP contribution in [0.1, 0.15) is 36.2 Å². The molecule has 1 amide bonds. The number of ketones is 1. The molecule has 0 aromatic heterocycles. The van der Waals surface area contributed by atoms with Crippen molar-refractivity contribution in [1.82, 2.24) is 4.90 Å². The molecular formula is C14H19NO3S. The molecule has 4 nitrogen and oxygen atoms in total. The summed E-state index contributed by atoms with van der Waals surface area (Å²) in [4.78, 5) is 25.4. The Kier molecular flexibility index (Phi) is 5.42. The van der Waals surface area contributed by atoms with E-state index in [9.17, 15) is 14.7 Å². The quantitative estimate of drug-likeness (QED) is 0.679. The molecule has 0 bridgehead atoms. The molecular weight excluding hydrogens is 262 g/mol. The zero-order chi connectivity index (χ0) is 14.6. The van der Waals surface area contributed by atoms with E-state index in [1.54, 1.807) is 26.2 Å². The maximum Gasteiger partial charge on any atom is 0.285 e. The molecule has 19 heavy (non-hydrogen) atoms. The van der Waals surface area contributed by atoms with Gasteiger partial charge in [-0.25, -0.2) is 0 Å². The smallest absolute Gasteiger partial charge is 0.285 e. The van der Waals surface area contributed by atoms with Crippen molar-refractivity contribution in [3.63, 3.8) is 0 Å². The van der Waals surface area contributed by atoms with E-state index in [1.807, 2.05) is 6.92 Å². The minimum absolute atomic E-state index is 0.00547. The number of amides is 1. The van der Waals surface area contributed by atoms with Gasteiger partial charge < -0.3 is 10.0 Å². The van der Waals surface area contributed by atoms with Crippen LogP contribution in [0.2, 0.25) is 0 Å². The molecule has 0 aliphatic heterocycles. The van der Waals surface area contributed by atoms with Gasteiger partial charge in [0, 0.05) is 24.6 Å². The Labute approximate surface area is 117 Å². The van der Waals surface area contributed by atoms with Crippen molar-refractivity contribution in [1.29, 1.82) is 0 Å². The number of thioether (sulfide) groups is 1. The molecule has 1 rings (SSSR count).